The van der Waals surface area contributed by atoms with Crippen LogP contribution in [0.2, 0.25) is 0 Å². The number of hydrogen-bond donors (Lipinski definition) is 2. The van der Waals surface area contributed by atoms with Crippen LogP contribution in [0.25, 0.3) is 0 Å². The molecule has 1 aliphatic rings. The van der Waals surface area contributed by atoms with E-state index in [0.717, 1.165) is 12.2 Å². The summed E-state index contributed by atoms with van der Waals surface area (Å²) >= 11 is 0. The van der Waals surface area contributed by atoms with Gasteiger partial charge in [0.2, 0.25) is 0 Å². The summed E-state index contributed by atoms with van der Waals surface area (Å²) in [5.41, 5.74) is 2.97. The van der Waals surface area contributed by atoms with Gasteiger partial charge in [0, 0.05) is 12.2 Å². The van der Waals surface area contributed by atoms with Gasteiger partial charge in [0.05, 0.1) is 5.69 Å². The van der Waals surface area contributed by atoms with E-state index >= 15 is 0 Å². The quantitative estimate of drug-likeness (QED) is 0.900. The fourth-order valence-electron chi connectivity index (χ4n) is 2.58. The van der Waals surface area contributed by atoms with Gasteiger partial charge < -0.3 is 5.32 Å². The van der Waals surface area contributed by atoms with Gasteiger partial charge in [0.1, 0.15) is 0 Å². The highest BCUT2D eigenvalue weighted by molar-refractivity contribution is 6.03. The average molecular weight is 285 g/mol. The fraction of sp³-hybridized carbons (Fsp3) is 0.400. The van der Waals surface area contributed by atoms with Crippen LogP contribution >= 0.6 is 0 Å². The molecular formula is C15H19N5O. The van der Waals surface area contributed by atoms with Gasteiger partial charge in [-0.25, -0.2) is 0 Å². The smallest absolute Gasteiger partial charge is 0.278 e. The SMILES string of the molecule is Cc1n[nH]nc1C(=O)Nc1ccc(CN2CCCC2)cc1. The van der Waals surface area contributed by atoms with Gasteiger partial charge in [-0.3, -0.25) is 9.69 Å². The van der Waals surface area contributed by atoms with Crippen LogP contribution in [-0.4, -0.2) is 39.3 Å². The number of aromatic nitrogens is 3. The van der Waals surface area contributed by atoms with Crippen LogP contribution in [0.4, 0.5) is 5.69 Å². The molecule has 0 bridgehead atoms. The first-order valence-corrected chi connectivity index (χ1v) is 7.22. The van der Waals surface area contributed by atoms with Crippen molar-refractivity contribution in [2.45, 2.75) is 26.3 Å². The molecule has 2 N–H and O–H groups in total. The number of amides is 1. The summed E-state index contributed by atoms with van der Waals surface area (Å²) in [6.07, 6.45) is 2.59. The third kappa shape index (κ3) is 3.28. The highest BCUT2D eigenvalue weighted by Gasteiger charge is 2.14. The van der Waals surface area contributed by atoms with Crippen molar-refractivity contribution >= 4 is 11.6 Å². The number of nitrogens with one attached hydrogen (secondary N) is 2. The number of nitrogens with zero attached hydrogens (tertiary/aromatic N) is 3. The standard InChI is InChI=1S/C15H19N5O/c1-11-14(18-19-17-11)15(21)16-13-6-4-12(5-7-13)10-20-8-2-3-9-20/h4-7H,2-3,8-10H2,1H3,(H,16,21)(H,17,18,19). The first kappa shape index (κ1) is 13.8. The average Bonchev–Trinajstić information content (AvgIpc) is 3.12. The van der Waals surface area contributed by atoms with Crippen LogP contribution in [0.3, 0.4) is 0 Å². The number of H-pyrrole nitrogens is 1. The van der Waals surface area contributed by atoms with Crippen LogP contribution in [0, 0.1) is 6.92 Å². The summed E-state index contributed by atoms with van der Waals surface area (Å²) in [4.78, 5) is 14.5. The molecule has 0 spiro atoms. The topological polar surface area (TPSA) is 73.9 Å². The lowest BCUT2D eigenvalue weighted by molar-refractivity contribution is 0.102. The van der Waals surface area contributed by atoms with Gasteiger partial charge in [-0.1, -0.05) is 12.1 Å². The van der Waals surface area contributed by atoms with Crippen LogP contribution in [0.5, 0.6) is 0 Å². The lowest BCUT2D eigenvalue weighted by Gasteiger charge is -2.14. The fourth-order valence-corrected chi connectivity index (χ4v) is 2.58. The van der Waals surface area contributed by atoms with E-state index in [1.165, 1.54) is 31.5 Å². The predicted octanol–water partition coefficient (Wildman–Crippen LogP) is 1.96. The number of anilines is 1. The predicted molar refractivity (Wildman–Crippen MR) is 80.0 cm³/mol. The Hall–Kier alpha value is -2.21. The van der Waals surface area contributed by atoms with E-state index in [4.69, 9.17) is 0 Å². The Morgan fingerprint density at radius 3 is 2.57 bits per heavy atom. The lowest BCUT2D eigenvalue weighted by Crippen LogP contribution is -2.18. The molecule has 0 aliphatic carbocycles. The molecule has 1 saturated heterocycles. The molecule has 1 aromatic heterocycles. The summed E-state index contributed by atoms with van der Waals surface area (Å²) in [6, 6.07) is 7.98. The number of benzene rings is 1. The van der Waals surface area contributed by atoms with Gasteiger partial charge in [-0.15, -0.1) is 0 Å². The zero-order chi connectivity index (χ0) is 14.7. The van der Waals surface area contributed by atoms with Gasteiger partial charge >= 0.3 is 0 Å². The molecule has 6 heteroatoms. The minimum absolute atomic E-state index is 0.242. The molecule has 0 saturated carbocycles. The number of hydrogen-bond acceptors (Lipinski definition) is 4. The maximum Gasteiger partial charge on any atom is 0.278 e. The van der Waals surface area contributed by atoms with E-state index in [9.17, 15) is 4.79 Å². The molecule has 1 aromatic carbocycles. The maximum atomic E-state index is 12.0. The second-order valence-electron chi connectivity index (χ2n) is 5.39. The summed E-state index contributed by atoms with van der Waals surface area (Å²) in [6.45, 7) is 5.10. The van der Waals surface area contributed by atoms with Crippen molar-refractivity contribution in [3.05, 3.63) is 41.2 Å². The molecule has 110 valence electrons. The third-order valence-electron chi connectivity index (χ3n) is 3.75. The van der Waals surface area contributed by atoms with Crippen LogP contribution in [-0.2, 0) is 6.54 Å². The van der Waals surface area contributed by atoms with E-state index in [-0.39, 0.29) is 5.91 Å². The van der Waals surface area contributed by atoms with Crippen molar-refractivity contribution in [2.24, 2.45) is 0 Å². The van der Waals surface area contributed by atoms with Gasteiger partial charge in [-0.2, -0.15) is 15.4 Å². The Kier molecular flexibility index (Phi) is 3.96. The van der Waals surface area contributed by atoms with Gasteiger partial charge in [-0.05, 0) is 50.6 Å². The summed E-state index contributed by atoms with van der Waals surface area (Å²) in [5, 5.41) is 13.0. The van der Waals surface area contributed by atoms with Crippen molar-refractivity contribution in [1.29, 1.82) is 0 Å². The van der Waals surface area contributed by atoms with E-state index in [1.807, 2.05) is 12.1 Å². The molecule has 2 aromatic rings. The molecule has 0 unspecified atom stereocenters. The zero-order valence-electron chi connectivity index (χ0n) is 12.1. The van der Waals surface area contributed by atoms with Crippen LogP contribution < -0.4 is 5.32 Å². The van der Waals surface area contributed by atoms with Crippen LogP contribution in [0.1, 0.15) is 34.6 Å². The zero-order valence-corrected chi connectivity index (χ0v) is 12.1. The second kappa shape index (κ2) is 6.05. The lowest BCUT2D eigenvalue weighted by atomic mass is 10.2. The number of carbonyl (C=O) groups is 1. The highest BCUT2D eigenvalue weighted by atomic mass is 16.2. The van der Waals surface area contributed by atoms with Crippen molar-refractivity contribution in [3.63, 3.8) is 0 Å². The van der Waals surface area contributed by atoms with E-state index in [2.05, 4.69) is 37.8 Å². The molecule has 1 fully saturated rings. The Morgan fingerprint density at radius 2 is 1.95 bits per heavy atom. The van der Waals surface area contributed by atoms with E-state index in [1.54, 1.807) is 6.92 Å². The Morgan fingerprint density at radius 1 is 1.24 bits per heavy atom. The molecule has 3 rings (SSSR count). The van der Waals surface area contributed by atoms with E-state index < -0.39 is 0 Å². The largest absolute Gasteiger partial charge is 0.321 e. The van der Waals surface area contributed by atoms with Crippen molar-refractivity contribution < 1.29 is 4.79 Å². The monoisotopic (exact) mass is 285 g/mol. The number of likely N-dealkylation sites (tertiary alicyclic amines) is 1. The molecule has 1 amide bonds. The molecule has 6 nitrogen and oxygen atoms in total. The Balaban J connectivity index is 1.61. The third-order valence-corrected chi connectivity index (χ3v) is 3.75. The first-order valence-electron chi connectivity index (χ1n) is 7.22. The molecule has 2 heterocycles. The minimum atomic E-state index is -0.242. The highest BCUT2D eigenvalue weighted by Crippen LogP contribution is 2.15. The van der Waals surface area contributed by atoms with Crippen LogP contribution in [0.15, 0.2) is 24.3 Å². The van der Waals surface area contributed by atoms with Gasteiger partial charge in [0.25, 0.3) is 5.91 Å². The summed E-state index contributed by atoms with van der Waals surface area (Å²) in [7, 11) is 0. The molecule has 1 aliphatic heterocycles. The van der Waals surface area contributed by atoms with Crippen molar-refractivity contribution in [2.75, 3.05) is 18.4 Å². The summed E-state index contributed by atoms with van der Waals surface area (Å²) in [5.74, 6) is -0.242. The molecule has 0 atom stereocenters. The minimum Gasteiger partial charge on any atom is -0.321 e. The molecule has 0 radical (unpaired) electrons. The first-order chi connectivity index (χ1) is 10.2. The number of rotatable bonds is 4. The Labute approximate surface area is 123 Å². The molecular weight excluding hydrogens is 266 g/mol. The van der Waals surface area contributed by atoms with Crippen molar-refractivity contribution in [1.82, 2.24) is 20.3 Å². The van der Waals surface area contributed by atoms with Gasteiger partial charge in [0.15, 0.2) is 5.69 Å². The molecule has 21 heavy (non-hydrogen) atoms. The Bertz CT molecular complexity index is 613. The number of carbonyl (C=O) groups excluding carboxylic acids is 1. The maximum absolute atomic E-state index is 12.0. The number of aromatic amines is 1. The number of aryl methyl sites for hydroxylation is 1. The normalized spacial score (nSPS) is 15.3. The van der Waals surface area contributed by atoms with E-state index in [0.29, 0.717) is 11.4 Å². The van der Waals surface area contributed by atoms with Crippen molar-refractivity contribution in [3.8, 4) is 0 Å². The second-order valence-corrected chi connectivity index (χ2v) is 5.39. The summed E-state index contributed by atoms with van der Waals surface area (Å²) < 4.78 is 0.